The van der Waals surface area contributed by atoms with E-state index in [-0.39, 0.29) is 0 Å². The first-order chi connectivity index (χ1) is 10.2. The molecule has 4 heteroatoms. The largest absolute Gasteiger partial charge is 0.382 e. The van der Waals surface area contributed by atoms with E-state index in [2.05, 4.69) is 58.7 Å². The van der Waals surface area contributed by atoms with Crippen LogP contribution in [0.2, 0.25) is 0 Å². The van der Waals surface area contributed by atoms with E-state index in [1.807, 2.05) is 6.07 Å². The van der Waals surface area contributed by atoms with Gasteiger partial charge in [0.1, 0.15) is 0 Å². The van der Waals surface area contributed by atoms with Crippen LogP contribution < -0.4 is 5.32 Å². The van der Waals surface area contributed by atoms with Crippen molar-refractivity contribution >= 4 is 5.69 Å². The molecule has 21 heavy (non-hydrogen) atoms. The summed E-state index contributed by atoms with van der Waals surface area (Å²) in [6.45, 7) is 4.72. The highest BCUT2D eigenvalue weighted by Gasteiger charge is 2.22. The molecule has 2 atom stereocenters. The van der Waals surface area contributed by atoms with E-state index in [1.54, 1.807) is 6.20 Å². The molecule has 1 aliphatic rings. The summed E-state index contributed by atoms with van der Waals surface area (Å²) in [5.41, 5.74) is 3.41. The maximum absolute atomic E-state index is 4.02. The minimum absolute atomic E-state index is 0.491. The van der Waals surface area contributed by atoms with Gasteiger partial charge in [0.2, 0.25) is 0 Å². The first kappa shape index (κ1) is 14.1. The van der Waals surface area contributed by atoms with Crippen molar-refractivity contribution in [2.24, 2.45) is 5.92 Å². The van der Waals surface area contributed by atoms with Gasteiger partial charge in [0, 0.05) is 30.0 Å². The number of aromatic nitrogens is 2. The Labute approximate surface area is 126 Å². The molecule has 1 aromatic carbocycles. The van der Waals surface area contributed by atoms with Crippen LogP contribution in [0.4, 0.5) is 5.69 Å². The molecule has 1 fully saturated rings. The summed E-state index contributed by atoms with van der Waals surface area (Å²) >= 11 is 0. The van der Waals surface area contributed by atoms with E-state index in [4.69, 9.17) is 0 Å². The van der Waals surface area contributed by atoms with Crippen molar-refractivity contribution in [2.75, 3.05) is 25.5 Å². The zero-order valence-corrected chi connectivity index (χ0v) is 12.8. The number of likely N-dealkylation sites (tertiary alicyclic amines) is 1. The van der Waals surface area contributed by atoms with Crippen molar-refractivity contribution in [3.05, 3.63) is 36.5 Å². The van der Waals surface area contributed by atoms with Gasteiger partial charge in [-0.05, 0) is 57.5 Å². The highest BCUT2D eigenvalue weighted by molar-refractivity contribution is 5.64. The van der Waals surface area contributed by atoms with E-state index >= 15 is 0 Å². The van der Waals surface area contributed by atoms with Crippen molar-refractivity contribution in [3.8, 4) is 11.3 Å². The number of hydrogen-bond acceptors (Lipinski definition) is 3. The van der Waals surface area contributed by atoms with Crippen molar-refractivity contribution in [3.63, 3.8) is 0 Å². The third kappa shape index (κ3) is 3.45. The van der Waals surface area contributed by atoms with Gasteiger partial charge in [0.25, 0.3) is 0 Å². The number of anilines is 1. The number of hydrogen-bond donors (Lipinski definition) is 2. The van der Waals surface area contributed by atoms with Crippen molar-refractivity contribution in [1.82, 2.24) is 15.1 Å². The molecule has 0 amide bonds. The molecule has 112 valence electrons. The van der Waals surface area contributed by atoms with Gasteiger partial charge in [-0.25, -0.2) is 0 Å². The number of piperidine rings is 1. The fourth-order valence-corrected chi connectivity index (χ4v) is 3.19. The van der Waals surface area contributed by atoms with E-state index in [9.17, 15) is 0 Å². The number of H-pyrrole nitrogens is 1. The maximum Gasteiger partial charge on any atom is 0.0650 e. The smallest absolute Gasteiger partial charge is 0.0650 e. The van der Waals surface area contributed by atoms with Gasteiger partial charge in [0.05, 0.1) is 5.69 Å². The monoisotopic (exact) mass is 284 g/mol. The van der Waals surface area contributed by atoms with E-state index in [0.717, 1.165) is 11.6 Å². The van der Waals surface area contributed by atoms with Crippen LogP contribution in [0.1, 0.15) is 19.8 Å². The maximum atomic E-state index is 4.02. The molecule has 2 unspecified atom stereocenters. The van der Waals surface area contributed by atoms with Crippen LogP contribution in [-0.4, -0.2) is 41.3 Å². The van der Waals surface area contributed by atoms with Gasteiger partial charge < -0.3 is 10.2 Å². The van der Waals surface area contributed by atoms with E-state index < -0.39 is 0 Å². The molecule has 0 spiro atoms. The van der Waals surface area contributed by atoms with E-state index in [0.29, 0.717) is 6.04 Å². The molecule has 0 bridgehead atoms. The predicted octanol–water partition coefficient (Wildman–Crippen LogP) is 3.22. The van der Waals surface area contributed by atoms with E-state index in [1.165, 1.54) is 37.2 Å². The highest BCUT2D eigenvalue weighted by atomic mass is 15.1. The Bertz CT molecular complexity index is 564. The van der Waals surface area contributed by atoms with Crippen molar-refractivity contribution in [2.45, 2.75) is 25.8 Å². The second-order valence-corrected chi connectivity index (χ2v) is 6.15. The molecule has 4 nitrogen and oxygen atoms in total. The van der Waals surface area contributed by atoms with Crippen molar-refractivity contribution < 1.29 is 0 Å². The highest BCUT2D eigenvalue weighted by Crippen LogP contribution is 2.24. The summed E-state index contributed by atoms with van der Waals surface area (Å²) < 4.78 is 0. The minimum Gasteiger partial charge on any atom is -0.382 e. The molecule has 0 radical (unpaired) electrons. The van der Waals surface area contributed by atoms with Crippen LogP contribution in [0.15, 0.2) is 36.5 Å². The molecular formula is C17H24N4. The average molecular weight is 284 g/mol. The number of nitrogens with one attached hydrogen (secondary N) is 2. The van der Waals surface area contributed by atoms with Gasteiger partial charge in [-0.3, -0.25) is 5.10 Å². The first-order valence-corrected chi connectivity index (χ1v) is 7.77. The second-order valence-electron chi connectivity index (χ2n) is 6.15. The lowest BCUT2D eigenvalue weighted by Crippen LogP contribution is -2.39. The van der Waals surface area contributed by atoms with Gasteiger partial charge in [0.15, 0.2) is 0 Å². The standard InChI is InChI=1S/C17H24N4/c1-13(15-6-4-10-21(2)12-15)19-16-7-3-5-14(11-16)17-8-9-18-20-17/h3,5,7-9,11,13,15,19H,4,6,10,12H2,1-2H3,(H,18,20). The number of nitrogens with zero attached hydrogens (tertiary/aromatic N) is 2. The summed E-state index contributed by atoms with van der Waals surface area (Å²) in [6.07, 6.45) is 4.41. The Kier molecular flexibility index (Phi) is 4.25. The summed E-state index contributed by atoms with van der Waals surface area (Å²) in [6, 6.07) is 11.0. The zero-order valence-electron chi connectivity index (χ0n) is 12.8. The summed E-state index contributed by atoms with van der Waals surface area (Å²) in [7, 11) is 2.22. The summed E-state index contributed by atoms with van der Waals surface area (Å²) in [5, 5.41) is 10.7. The van der Waals surface area contributed by atoms with Crippen LogP contribution in [0.25, 0.3) is 11.3 Å². The van der Waals surface area contributed by atoms with Crippen LogP contribution in [0.3, 0.4) is 0 Å². The minimum atomic E-state index is 0.491. The quantitative estimate of drug-likeness (QED) is 0.906. The molecule has 2 heterocycles. The van der Waals surface area contributed by atoms with Gasteiger partial charge >= 0.3 is 0 Å². The van der Waals surface area contributed by atoms with Gasteiger partial charge in [-0.15, -0.1) is 0 Å². The Morgan fingerprint density at radius 1 is 1.38 bits per heavy atom. The Balaban J connectivity index is 1.68. The molecule has 1 saturated heterocycles. The average Bonchev–Trinajstić information content (AvgIpc) is 3.02. The Hall–Kier alpha value is -1.81. The molecule has 0 aliphatic carbocycles. The topological polar surface area (TPSA) is 44.0 Å². The number of rotatable bonds is 4. The normalized spacial score (nSPS) is 21.1. The van der Waals surface area contributed by atoms with Crippen molar-refractivity contribution in [1.29, 1.82) is 0 Å². The lowest BCUT2D eigenvalue weighted by molar-refractivity contribution is 0.197. The van der Waals surface area contributed by atoms with Crippen LogP contribution in [0, 0.1) is 5.92 Å². The Morgan fingerprint density at radius 2 is 2.29 bits per heavy atom. The molecule has 0 saturated carbocycles. The fraction of sp³-hybridized carbons (Fsp3) is 0.471. The third-order valence-electron chi connectivity index (χ3n) is 4.44. The Morgan fingerprint density at radius 3 is 3.05 bits per heavy atom. The summed E-state index contributed by atoms with van der Waals surface area (Å²) in [5.74, 6) is 0.722. The number of benzene rings is 1. The van der Waals surface area contributed by atoms with Gasteiger partial charge in [-0.1, -0.05) is 12.1 Å². The van der Waals surface area contributed by atoms with Crippen LogP contribution in [-0.2, 0) is 0 Å². The third-order valence-corrected chi connectivity index (χ3v) is 4.44. The van der Waals surface area contributed by atoms with Gasteiger partial charge in [-0.2, -0.15) is 5.10 Å². The molecule has 2 N–H and O–H groups in total. The molecule has 1 aromatic heterocycles. The lowest BCUT2D eigenvalue weighted by Gasteiger charge is -2.34. The lowest BCUT2D eigenvalue weighted by atomic mass is 9.91. The molecule has 2 aromatic rings. The molecule has 3 rings (SSSR count). The summed E-state index contributed by atoms with van der Waals surface area (Å²) in [4.78, 5) is 2.44. The van der Waals surface area contributed by atoms with Crippen LogP contribution >= 0.6 is 0 Å². The number of aromatic amines is 1. The predicted molar refractivity (Wildman–Crippen MR) is 87.3 cm³/mol. The molecular weight excluding hydrogens is 260 g/mol. The molecule has 1 aliphatic heterocycles. The fourth-order valence-electron chi connectivity index (χ4n) is 3.19. The van der Waals surface area contributed by atoms with Crippen LogP contribution in [0.5, 0.6) is 0 Å². The zero-order chi connectivity index (χ0) is 14.7. The second kappa shape index (κ2) is 6.31. The first-order valence-electron chi connectivity index (χ1n) is 7.77. The SMILES string of the molecule is CC(Nc1cccc(-c2ccn[nH]2)c1)C1CCCN(C)C1.